The average molecular weight is 267 g/mol. The van der Waals surface area contributed by atoms with Crippen molar-refractivity contribution in [1.29, 1.82) is 0 Å². The second-order valence-electron chi connectivity index (χ2n) is 5.41. The summed E-state index contributed by atoms with van der Waals surface area (Å²) >= 11 is 0. The summed E-state index contributed by atoms with van der Waals surface area (Å²) in [5.74, 6) is 0.382. The molecule has 2 nitrogen and oxygen atoms in total. The van der Waals surface area contributed by atoms with Gasteiger partial charge < -0.3 is 10.0 Å². The van der Waals surface area contributed by atoms with E-state index in [1.807, 2.05) is 12.1 Å². The molecule has 0 aliphatic heterocycles. The van der Waals surface area contributed by atoms with E-state index < -0.39 is 0 Å². The number of hydrogen-bond acceptors (Lipinski definition) is 2. The summed E-state index contributed by atoms with van der Waals surface area (Å²) in [6, 6.07) is 16.9. The Morgan fingerprint density at radius 3 is 2.70 bits per heavy atom. The van der Waals surface area contributed by atoms with Crippen LogP contribution in [0.5, 0.6) is 5.75 Å². The molecule has 0 spiro atoms. The van der Waals surface area contributed by atoms with Gasteiger partial charge in [0.15, 0.2) is 0 Å². The highest BCUT2D eigenvalue weighted by Crippen LogP contribution is 2.37. The second-order valence-corrected chi connectivity index (χ2v) is 5.41. The van der Waals surface area contributed by atoms with E-state index in [-0.39, 0.29) is 0 Å². The first-order chi connectivity index (χ1) is 9.79. The molecule has 1 aliphatic rings. The van der Waals surface area contributed by atoms with Crippen molar-refractivity contribution < 1.29 is 5.11 Å². The predicted octanol–water partition coefficient (Wildman–Crippen LogP) is 4.30. The fourth-order valence-corrected chi connectivity index (χ4v) is 3.30. The van der Waals surface area contributed by atoms with Crippen LogP contribution in [0.4, 0.5) is 5.69 Å². The molecule has 1 aliphatic carbocycles. The molecule has 3 rings (SSSR count). The lowest BCUT2D eigenvalue weighted by Gasteiger charge is -2.37. The molecule has 0 bridgehead atoms. The SMILES string of the molecule is CCN(c1ccccc1)C1CCCc2cc(O)ccc21. The van der Waals surface area contributed by atoms with Gasteiger partial charge >= 0.3 is 0 Å². The van der Waals surface area contributed by atoms with Gasteiger partial charge in [-0.15, -0.1) is 0 Å². The Kier molecular flexibility index (Phi) is 3.64. The van der Waals surface area contributed by atoms with Crippen LogP contribution in [0, 0.1) is 0 Å². The lowest BCUT2D eigenvalue weighted by Crippen LogP contribution is -2.31. The molecule has 0 aromatic heterocycles. The lowest BCUT2D eigenvalue weighted by atomic mass is 9.86. The smallest absolute Gasteiger partial charge is 0.115 e. The molecule has 0 fully saturated rings. The van der Waals surface area contributed by atoms with Gasteiger partial charge in [-0.2, -0.15) is 0 Å². The number of para-hydroxylation sites is 1. The van der Waals surface area contributed by atoms with Crippen LogP contribution in [0.25, 0.3) is 0 Å². The molecular formula is C18H21NO. The van der Waals surface area contributed by atoms with Crippen molar-refractivity contribution in [3.8, 4) is 5.75 Å². The molecule has 0 amide bonds. The largest absolute Gasteiger partial charge is 0.508 e. The Hall–Kier alpha value is -1.96. The number of nitrogens with zero attached hydrogens (tertiary/aromatic N) is 1. The van der Waals surface area contributed by atoms with Crippen molar-refractivity contribution in [3.63, 3.8) is 0 Å². The van der Waals surface area contributed by atoms with Gasteiger partial charge in [-0.25, -0.2) is 0 Å². The molecule has 2 aromatic rings. The number of aromatic hydroxyl groups is 1. The Morgan fingerprint density at radius 2 is 1.95 bits per heavy atom. The number of hydrogen-bond donors (Lipinski definition) is 1. The maximum absolute atomic E-state index is 9.67. The van der Waals surface area contributed by atoms with Crippen LogP contribution in [0.15, 0.2) is 48.5 Å². The van der Waals surface area contributed by atoms with Crippen molar-refractivity contribution in [3.05, 3.63) is 59.7 Å². The van der Waals surface area contributed by atoms with Crippen molar-refractivity contribution in [2.45, 2.75) is 32.2 Å². The van der Waals surface area contributed by atoms with Crippen molar-refractivity contribution in [1.82, 2.24) is 0 Å². The van der Waals surface area contributed by atoms with Gasteiger partial charge in [0.1, 0.15) is 5.75 Å². The molecule has 0 radical (unpaired) electrons. The lowest BCUT2D eigenvalue weighted by molar-refractivity contribution is 0.469. The van der Waals surface area contributed by atoms with E-state index in [1.54, 1.807) is 0 Å². The number of anilines is 1. The van der Waals surface area contributed by atoms with Gasteiger partial charge in [-0.1, -0.05) is 24.3 Å². The summed E-state index contributed by atoms with van der Waals surface area (Å²) in [7, 11) is 0. The third-order valence-electron chi connectivity index (χ3n) is 4.21. The molecule has 1 N–H and O–H groups in total. The molecule has 0 saturated carbocycles. The highest BCUT2D eigenvalue weighted by molar-refractivity contribution is 5.51. The van der Waals surface area contributed by atoms with Gasteiger partial charge in [0.25, 0.3) is 0 Å². The summed E-state index contributed by atoms with van der Waals surface area (Å²) in [4.78, 5) is 2.47. The Morgan fingerprint density at radius 1 is 1.15 bits per heavy atom. The molecule has 0 saturated heterocycles. The van der Waals surface area contributed by atoms with E-state index in [0.717, 1.165) is 13.0 Å². The van der Waals surface area contributed by atoms with Crippen LogP contribution in [-0.4, -0.2) is 11.7 Å². The standard InChI is InChI=1S/C18H21NO/c1-2-19(15-8-4-3-5-9-15)18-10-6-7-14-13-16(20)11-12-17(14)18/h3-5,8-9,11-13,18,20H,2,6-7,10H2,1H3. The Labute approximate surface area is 120 Å². The summed E-state index contributed by atoms with van der Waals surface area (Å²) in [5, 5.41) is 9.67. The Bertz CT molecular complexity index is 579. The molecule has 0 heterocycles. The monoisotopic (exact) mass is 267 g/mol. The van der Waals surface area contributed by atoms with Gasteiger partial charge in [0.05, 0.1) is 6.04 Å². The van der Waals surface area contributed by atoms with Crippen LogP contribution in [0.1, 0.15) is 36.9 Å². The summed E-state index contributed by atoms with van der Waals surface area (Å²) in [6.45, 7) is 3.21. The van der Waals surface area contributed by atoms with Crippen LogP contribution < -0.4 is 4.90 Å². The maximum Gasteiger partial charge on any atom is 0.115 e. The van der Waals surface area contributed by atoms with Crippen molar-refractivity contribution in [2.24, 2.45) is 0 Å². The minimum atomic E-state index is 0.382. The predicted molar refractivity (Wildman–Crippen MR) is 83.2 cm³/mol. The van der Waals surface area contributed by atoms with Gasteiger partial charge in [-0.3, -0.25) is 0 Å². The summed E-state index contributed by atoms with van der Waals surface area (Å²) < 4.78 is 0. The quantitative estimate of drug-likeness (QED) is 0.896. The zero-order valence-electron chi connectivity index (χ0n) is 11.9. The Balaban J connectivity index is 1.98. The molecule has 20 heavy (non-hydrogen) atoms. The van der Waals surface area contributed by atoms with E-state index in [9.17, 15) is 5.11 Å². The van der Waals surface area contributed by atoms with Gasteiger partial charge in [0, 0.05) is 12.2 Å². The zero-order valence-corrected chi connectivity index (χ0v) is 11.9. The zero-order chi connectivity index (χ0) is 13.9. The van der Waals surface area contributed by atoms with E-state index in [0.29, 0.717) is 11.8 Å². The molecule has 2 heteroatoms. The first kappa shape index (κ1) is 13.0. The maximum atomic E-state index is 9.67. The number of phenolic OH excluding ortho intramolecular Hbond substituents is 1. The number of rotatable bonds is 3. The fourth-order valence-electron chi connectivity index (χ4n) is 3.30. The molecule has 1 unspecified atom stereocenters. The topological polar surface area (TPSA) is 23.5 Å². The van der Waals surface area contributed by atoms with Crippen LogP contribution >= 0.6 is 0 Å². The normalized spacial score (nSPS) is 17.6. The van der Waals surface area contributed by atoms with E-state index in [4.69, 9.17) is 0 Å². The number of fused-ring (bicyclic) bond motifs is 1. The first-order valence-corrected chi connectivity index (χ1v) is 7.43. The minimum absolute atomic E-state index is 0.382. The van der Waals surface area contributed by atoms with Gasteiger partial charge in [0.2, 0.25) is 0 Å². The first-order valence-electron chi connectivity index (χ1n) is 7.43. The molecule has 104 valence electrons. The van der Waals surface area contributed by atoms with Gasteiger partial charge in [-0.05, 0) is 61.6 Å². The highest BCUT2D eigenvalue weighted by atomic mass is 16.3. The van der Waals surface area contributed by atoms with Crippen molar-refractivity contribution in [2.75, 3.05) is 11.4 Å². The van der Waals surface area contributed by atoms with E-state index in [1.165, 1.54) is 29.7 Å². The van der Waals surface area contributed by atoms with Crippen LogP contribution in [-0.2, 0) is 6.42 Å². The van der Waals surface area contributed by atoms with Crippen molar-refractivity contribution >= 4 is 5.69 Å². The fraction of sp³-hybridized carbons (Fsp3) is 0.333. The van der Waals surface area contributed by atoms with E-state index >= 15 is 0 Å². The number of aryl methyl sites for hydroxylation is 1. The summed E-state index contributed by atoms with van der Waals surface area (Å²) in [5.41, 5.74) is 3.95. The van der Waals surface area contributed by atoms with Crippen LogP contribution in [0.2, 0.25) is 0 Å². The third kappa shape index (κ3) is 2.38. The number of benzene rings is 2. The number of phenols is 1. The minimum Gasteiger partial charge on any atom is -0.508 e. The summed E-state index contributed by atoms with van der Waals surface area (Å²) in [6.07, 6.45) is 3.44. The highest BCUT2D eigenvalue weighted by Gasteiger charge is 2.25. The second kappa shape index (κ2) is 5.58. The van der Waals surface area contributed by atoms with E-state index in [2.05, 4.69) is 48.2 Å². The third-order valence-corrected chi connectivity index (χ3v) is 4.21. The molecule has 1 atom stereocenters. The van der Waals surface area contributed by atoms with Crippen LogP contribution in [0.3, 0.4) is 0 Å². The molecule has 2 aromatic carbocycles. The molecular weight excluding hydrogens is 246 g/mol. The average Bonchev–Trinajstić information content (AvgIpc) is 2.49.